The summed E-state index contributed by atoms with van der Waals surface area (Å²) in [6.07, 6.45) is 5.95. The zero-order chi connectivity index (χ0) is 14.6. The Balaban J connectivity index is 1.98. The maximum absolute atomic E-state index is 12.5. The molecule has 0 spiro atoms. The van der Waals surface area contributed by atoms with Gasteiger partial charge in [-0.15, -0.1) is 0 Å². The molecule has 2 rings (SSSR count). The van der Waals surface area contributed by atoms with Crippen LogP contribution in [-0.2, 0) is 9.59 Å². The Morgan fingerprint density at radius 2 is 1.80 bits per heavy atom. The molecule has 0 aromatic carbocycles. The van der Waals surface area contributed by atoms with Crippen molar-refractivity contribution in [2.75, 3.05) is 19.6 Å². The molecule has 0 aromatic rings. The number of hydrogen-bond donors (Lipinski definition) is 3. The lowest BCUT2D eigenvalue weighted by Gasteiger charge is -2.36. The van der Waals surface area contributed by atoms with Crippen molar-refractivity contribution in [2.45, 2.75) is 51.9 Å². The van der Waals surface area contributed by atoms with Crippen LogP contribution < -0.4 is 10.6 Å². The van der Waals surface area contributed by atoms with Gasteiger partial charge < -0.3 is 15.7 Å². The second kappa shape index (κ2) is 6.12. The SMILES string of the molecule is CCC1(C(=O)NCC2(C(=O)O)CCCC2)CCCNC1. The standard InChI is InChI=1S/C15H26N2O3/c1-2-14(8-5-9-16-10-14)12(18)17-11-15(13(19)20)6-3-4-7-15/h16H,2-11H2,1H3,(H,17,18)(H,19,20). The van der Waals surface area contributed by atoms with E-state index in [9.17, 15) is 14.7 Å². The summed E-state index contributed by atoms with van der Waals surface area (Å²) in [6, 6.07) is 0. The molecule has 3 N–H and O–H groups in total. The monoisotopic (exact) mass is 282 g/mol. The molecule has 1 unspecified atom stereocenters. The molecule has 1 saturated heterocycles. The first-order chi connectivity index (χ1) is 9.55. The topological polar surface area (TPSA) is 78.4 Å². The highest BCUT2D eigenvalue weighted by molar-refractivity contribution is 5.84. The van der Waals surface area contributed by atoms with Crippen molar-refractivity contribution in [3.63, 3.8) is 0 Å². The molecular weight excluding hydrogens is 256 g/mol. The Morgan fingerprint density at radius 3 is 2.30 bits per heavy atom. The van der Waals surface area contributed by atoms with E-state index in [1.165, 1.54) is 0 Å². The predicted octanol–water partition coefficient (Wildman–Crippen LogP) is 1.53. The van der Waals surface area contributed by atoms with Crippen LogP contribution in [0, 0.1) is 10.8 Å². The third-order valence-electron chi connectivity index (χ3n) is 5.23. The lowest BCUT2D eigenvalue weighted by Crippen LogP contribution is -2.52. The minimum Gasteiger partial charge on any atom is -0.481 e. The van der Waals surface area contributed by atoms with Crippen LogP contribution in [0.4, 0.5) is 0 Å². The molecule has 0 aromatic heterocycles. The van der Waals surface area contributed by atoms with E-state index in [0.717, 1.165) is 38.6 Å². The minimum absolute atomic E-state index is 0.0275. The number of carbonyl (C=O) groups is 2. The van der Waals surface area contributed by atoms with Gasteiger partial charge in [-0.2, -0.15) is 0 Å². The van der Waals surface area contributed by atoms with E-state index < -0.39 is 11.4 Å². The van der Waals surface area contributed by atoms with Gasteiger partial charge in [-0.25, -0.2) is 0 Å². The Hall–Kier alpha value is -1.10. The van der Waals surface area contributed by atoms with Gasteiger partial charge in [-0.1, -0.05) is 19.8 Å². The van der Waals surface area contributed by atoms with Gasteiger partial charge in [0.15, 0.2) is 0 Å². The van der Waals surface area contributed by atoms with E-state index in [-0.39, 0.29) is 17.9 Å². The normalized spacial score (nSPS) is 29.1. The van der Waals surface area contributed by atoms with Crippen molar-refractivity contribution >= 4 is 11.9 Å². The average Bonchev–Trinajstić information content (AvgIpc) is 2.95. The van der Waals surface area contributed by atoms with E-state index >= 15 is 0 Å². The first-order valence-corrected chi connectivity index (χ1v) is 7.77. The fourth-order valence-electron chi connectivity index (χ4n) is 3.58. The number of hydrogen-bond acceptors (Lipinski definition) is 3. The van der Waals surface area contributed by atoms with Crippen LogP contribution in [-0.4, -0.2) is 36.6 Å². The maximum Gasteiger partial charge on any atom is 0.311 e. The molecule has 114 valence electrons. The summed E-state index contributed by atoms with van der Waals surface area (Å²) in [6.45, 7) is 3.99. The van der Waals surface area contributed by atoms with E-state index in [0.29, 0.717) is 19.4 Å². The molecule has 1 aliphatic carbocycles. The molecule has 5 nitrogen and oxygen atoms in total. The van der Waals surface area contributed by atoms with Crippen LogP contribution in [0.5, 0.6) is 0 Å². The van der Waals surface area contributed by atoms with Gasteiger partial charge in [0, 0.05) is 13.1 Å². The minimum atomic E-state index is -0.761. The quantitative estimate of drug-likeness (QED) is 0.714. The molecule has 1 atom stereocenters. The largest absolute Gasteiger partial charge is 0.481 e. The molecule has 2 fully saturated rings. The highest BCUT2D eigenvalue weighted by atomic mass is 16.4. The van der Waals surface area contributed by atoms with Gasteiger partial charge in [0.2, 0.25) is 5.91 Å². The molecule has 2 aliphatic rings. The van der Waals surface area contributed by atoms with Crippen molar-refractivity contribution in [2.24, 2.45) is 10.8 Å². The van der Waals surface area contributed by atoms with E-state index in [1.54, 1.807) is 0 Å². The number of aliphatic carboxylic acids is 1. The number of piperidine rings is 1. The molecule has 5 heteroatoms. The van der Waals surface area contributed by atoms with E-state index in [2.05, 4.69) is 10.6 Å². The van der Waals surface area contributed by atoms with Crippen LogP contribution in [0.15, 0.2) is 0 Å². The third-order valence-corrected chi connectivity index (χ3v) is 5.23. The van der Waals surface area contributed by atoms with Crippen molar-refractivity contribution in [3.8, 4) is 0 Å². The Bertz CT molecular complexity index is 369. The third kappa shape index (κ3) is 2.82. The van der Waals surface area contributed by atoms with Gasteiger partial charge in [0.05, 0.1) is 10.8 Å². The fourth-order valence-corrected chi connectivity index (χ4v) is 3.58. The Morgan fingerprint density at radius 1 is 1.15 bits per heavy atom. The van der Waals surface area contributed by atoms with Crippen LogP contribution in [0.25, 0.3) is 0 Å². The second-order valence-electron chi connectivity index (χ2n) is 6.39. The molecule has 0 radical (unpaired) electrons. The Labute approximate surface area is 120 Å². The van der Waals surface area contributed by atoms with Crippen molar-refractivity contribution in [1.82, 2.24) is 10.6 Å². The zero-order valence-electron chi connectivity index (χ0n) is 12.3. The summed E-state index contributed by atoms with van der Waals surface area (Å²) in [4.78, 5) is 24.0. The lowest BCUT2D eigenvalue weighted by molar-refractivity contribution is -0.149. The Kier molecular flexibility index (Phi) is 4.68. The van der Waals surface area contributed by atoms with Crippen molar-refractivity contribution < 1.29 is 14.7 Å². The second-order valence-corrected chi connectivity index (χ2v) is 6.39. The van der Waals surface area contributed by atoms with Gasteiger partial charge in [-0.05, 0) is 38.6 Å². The summed E-state index contributed by atoms with van der Waals surface area (Å²) in [7, 11) is 0. The molecule has 1 heterocycles. The molecule has 1 aliphatic heterocycles. The summed E-state index contributed by atoms with van der Waals surface area (Å²) in [5.74, 6) is -0.734. The summed E-state index contributed by atoms with van der Waals surface area (Å²) in [5.41, 5.74) is -1.08. The van der Waals surface area contributed by atoms with Crippen molar-refractivity contribution in [3.05, 3.63) is 0 Å². The maximum atomic E-state index is 12.5. The van der Waals surface area contributed by atoms with Crippen molar-refractivity contribution in [1.29, 1.82) is 0 Å². The number of carboxylic acids is 1. The zero-order valence-corrected chi connectivity index (χ0v) is 12.3. The number of amides is 1. The van der Waals surface area contributed by atoms with Gasteiger partial charge in [0.1, 0.15) is 0 Å². The number of rotatable bonds is 5. The summed E-state index contributed by atoms with van der Waals surface area (Å²) < 4.78 is 0. The van der Waals surface area contributed by atoms with Crippen LogP contribution in [0.3, 0.4) is 0 Å². The lowest BCUT2D eigenvalue weighted by atomic mass is 9.77. The van der Waals surface area contributed by atoms with E-state index in [1.807, 2.05) is 6.92 Å². The van der Waals surface area contributed by atoms with Crippen LogP contribution in [0.2, 0.25) is 0 Å². The molecule has 1 saturated carbocycles. The number of carboxylic acid groups (broad SMARTS) is 1. The van der Waals surface area contributed by atoms with Gasteiger partial charge in [-0.3, -0.25) is 9.59 Å². The number of nitrogens with one attached hydrogen (secondary N) is 2. The fraction of sp³-hybridized carbons (Fsp3) is 0.867. The smallest absolute Gasteiger partial charge is 0.311 e. The van der Waals surface area contributed by atoms with Gasteiger partial charge >= 0.3 is 5.97 Å². The molecule has 20 heavy (non-hydrogen) atoms. The highest BCUT2D eigenvalue weighted by Gasteiger charge is 2.44. The summed E-state index contributed by atoms with van der Waals surface area (Å²) in [5, 5.41) is 15.7. The van der Waals surface area contributed by atoms with Gasteiger partial charge in [0.25, 0.3) is 0 Å². The molecular formula is C15H26N2O3. The van der Waals surface area contributed by atoms with E-state index in [4.69, 9.17) is 0 Å². The average molecular weight is 282 g/mol. The first-order valence-electron chi connectivity index (χ1n) is 7.77. The van der Waals surface area contributed by atoms with Crippen LogP contribution >= 0.6 is 0 Å². The van der Waals surface area contributed by atoms with Crippen LogP contribution in [0.1, 0.15) is 51.9 Å². The highest BCUT2D eigenvalue weighted by Crippen LogP contribution is 2.38. The predicted molar refractivity (Wildman–Crippen MR) is 76.4 cm³/mol. The number of carbonyl (C=O) groups excluding carboxylic acids is 1. The molecule has 1 amide bonds. The molecule has 0 bridgehead atoms. The first kappa shape index (κ1) is 15.3. The summed E-state index contributed by atoms with van der Waals surface area (Å²) >= 11 is 0.